The third kappa shape index (κ3) is 2.36. The van der Waals surface area contributed by atoms with E-state index in [4.69, 9.17) is 20.0 Å². The van der Waals surface area contributed by atoms with E-state index < -0.39 is 5.76 Å². The lowest BCUT2D eigenvalue weighted by Gasteiger charge is -2.12. The molecule has 18 heavy (non-hydrogen) atoms. The summed E-state index contributed by atoms with van der Waals surface area (Å²) in [6, 6.07) is 6.34. The first-order chi connectivity index (χ1) is 8.58. The van der Waals surface area contributed by atoms with E-state index in [1.807, 2.05) is 0 Å². The van der Waals surface area contributed by atoms with Crippen LogP contribution in [0.4, 0.5) is 0 Å². The van der Waals surface area contributed by atoms with Crippen LogP contribution in [0.1, 0.15) is 11.1 Å². The van der Waals surface area contributed by atoms with Crippen LogP contribution in [-0.4, -0.2) is 19.3 Å². The third-order valence-electron chi connectivity index (χ3n) is 2.49. The molecule has 1 rings (SSSR count). The summed E-state index contributed by atoms with van der Waals surface area (Å²) < 4.78 is 10.3. The fraction of sp³-hybridized carbons (Fsp3) is 0.231. The highest BCUT2D eigenvalue weighted by molar-refractivity contribution is 5.72. The average Bonchev–Trinajstić information content (AvgIpc) is 2.40. The van der Waals surface area contributed by atoms with Crippen molar-refractivity contribution in [2.24, 2.45) is 0 Å². The van der Waals surface area contributed by atoms with Gasteiger partial charge in [0.05, 0.1) is 14.2 Å². The van der Waals surface area contributed by atoms with Crippen molar-refractivity contribution >= 4 is 5.76 Å². The lowest BCUT2D eigenvalue weighted by atomic mass is 10.1. The van der Waals surface area contributed by atoms with E-state index in [9.17, 15) is 5.11 Å². The van der Waals surface area contributed by atoms with Gasteiger partial charge in [-0.3, -0.25) is 0 Å². The van der Waals surface area contributed by atoms with Gasteiger partial charge in [0, 0.05) is 11.1 Å². The molecule has 1 aromatic rings. The Bertz CT molecular complexity index is 536. The summed E-state index contributed by atoms with van der Waals surface area (Å²) in [6.45, 7) is 1.80. The van der Waals surface area contributed by atoms with Gasteiger partial charge in [0.1, 0.15) is 23.6 Å². The van der Waals surface area contributed by atoms with Crippen molar-refractivity contribution in [2.45, 2.75) is 6.92 Å². The van der Waals surface area contributed by atoms with E-state index in [-0.39, 0.29) is 5.57 Å². The minimum absolute atomic E-state index is 0.299. The molecule has 0 unspecified atom stereocenters. The minimum atomic E-state index is -0.392. The number of benzene rings is 1. The molecule has 1 N–H and O–H groups in total. The number of allylic oxidation sites excluding steroid dienone is 1. The summed E-state index contributed by atoms with van der Waals surface area (Å²) in [4.78, 5) is 0. The fourth-order valence-electron chi connectivity index (χ4n) is 1.50. The Balaban J connectivity index is 3.50. The zero-order chi connectivity index (χ0) is 13.7. The van der Waals surface area contributed by atoms with E-state index >= 15 is 0 Å². The van der Waals surface area contributed by atoms with Gasteiger partial charge in [-0.05, 0) is 19.1 Å². The second-order valence-corrected chi connectivity index (χ2v) is 3.45. The molecule has 1 aromatic carbocycles. The number of rotatable bonds is 3. The summed E-state index contributed by atoms with van der Waals surface area (Å²) >= 11 is 0. The zero-order valence-corrected chi connectivity index (χ0v) is 10.3. The molecule has 0 heterocycles. The van der Waals surface area contributed by atoms with Crippen molar-refractivity contribution in [3.05, 3.63) is 28.8 Å². The highest BCUT2D eigenvalue weighted by atomic mass is 16.5. The number of aliphatic hydroxyl groups is 1. The van der Waals surface area contributed by atoms with Crippen LogP contribution in [-0.2, 0) is 0 Å². The number of nitriles is 2. The molecule has 0 fully saturated rings. The molecule has 0 saturated heterocycles. The van der Waals surface area contributed by atoms with E-state index in [2.05, 4.69) is 0 Å². The lowest BCUT2D eigenvalue weighted by Crippen LogP contribution is -1.96. The van der Waals surface area contributed by atoms with Gasteiger partial charge < -0.3 is 14.6 Å². The Labute approximate surface area is 105 Å². The maximum Gasteiger partial charge on any atom is 0.171 e. The van der Waals surface area contributed by atoms with E-state index in [1.165, 1.54) is 14.2 Å². The van der Waals surface area contributed by atoms with Crippen LogP contribution in [0.5, 0.6) is 11.5 Å². The molecule has 0 saturated carbocycles. The second kappa shape index (κ2) is 5.60. The van der Waals surface area contributed by atoms with Gasteiger partial charge in [0.25, 0.3) is 0 Å². The van der Waals surface area contributed by atoms with Crippen molar-refractivity contribution in [1.82, 2.24) is 0 Å². The molecule has 0 aliphatic heterocycles. The lowest BCUT2D eigenvalue weighted by molar-refractivity contribution is 0.387. The van der Waals surface area contributed by atoms with Crippen LogP contribution in [0, 0.1) is 29.6 Å². The van der Waals surface area contributed by atoms with Gasteiger partial charge in [-0.15, -0.1) is 0 Å². The van der Waals surface area contributed by atoms with Gasteiger partial charge >= 0.3 is 0 Å². The molecule has 0 radical (unpaired) electrons. The minimum Gasteiger partial charge on any atom is -0.505 e. The van der Waals surface area contributed by atoms with E-state index in [1.54, 1.807) is 31.2 Å². The van der Waals surface area contributed by atoms with Gasteiger partial charge in [0.2, 0.25) is 0 Å². The molecule has 0 amide bonds. The van der Waals surface area contributed by atoms with Crippen LogP contribution in [0.3, 0.4) is 0 Å². The maximum absolute atomic E-state index is 9.83. The summed E-state index contributed by atoms with van der Waals surface area (Å²) in [5.74, 6) is 0.619. The smallest absolute Gasteiger partial charge is 0.171 e. The van der Waals surface area contributed by atoms with Crippen LogP contribution < -0.4 is 9.47 Å². The Morgan fingerprint density at radius 1 is 1.11 bits per heavy atom. The first kappa shape index (κ1) is 13.4. The molecule has 5 nitrogen and oxygen atoms in total. The summed E-state index contributed by atoms with van der Waals surface area (Å²) in [5.41, 5.74) is 0.711. The number of ether oxygens (including phenoxy) is 2. The molecule has 0 atom stereocenters. The SMILES string of the molecule is COc1cc(C(O)=C(C#N)C#N)cc(OC)c1C. The van der Waals surface area contributed by atoms with Crippen molar-refractivity contribution < 1.29 is 14.6 Å². The molecule has 0 spiro atoms. The van der Waals surface area contributed by atoms with Crippen molar-refractivity contribution in [3.8, 4) is 23.6 Å². The van der Waals surface area contributed by atoms with Crippen molar-refractivity contribution in [1.29, 1.82) is 10.5 Å². The molecule has 92 valence electrons. The van der Waals surface area contributed by atoms with Gasteiger partial charge in [-0.2, -0.15) is 10.5 Å². The number of nitrogens with zero attached hydrogens (tertiary/aromatic N) is 2. The first-order valence-electron chi connectivity index (χ1n) is 5.05. The molecule has 0 aromatic heterocycles. The Hall–Kier alpha value is -2.66. The monoisotopic (exact) mass is 244 g/mol. The largest absolute Gasteiger partial charge is 0.505 e. The number of aliphatic hydroxyl groups excluding tert-OH is 1. The Morgan fingerprint density at radius 3 is 1.89 bits per heavy atom. The quantitative estimate of drug-likeness (QED) is 0.651. The molecule has 0 aliphatic rings. The van der Waals surface area contributed by atoms with Crippen LogP contribution >= 0.6 is 0 Å². The van der Waals surface area contributed by atoms with E-state index in [0.717, 1.165) is 5.56 Å². The predicted molar refractivity (Wildman–Crippen MR) is 65.1 cm³/mol. The zero-order valence-electron chi connectivity index (χ0n) is 10.3. The first-order valence-corrected chi connectivity index (χ1v) is 5.05. The number of methoxy groups -OCH3 is 2. The highest BCUT2D eigenvalue weighted by Gasteiger charge is 2.13. The van der Waals surface area contributed by atoms with Gasteiger partial charge in [0.15, 0.2) is 11.3 Å². The summed E-state index contributed by atoms with van der Waals surface area (Å²) in [5, 5.41) is 27.3. The predicted octanol–water partition coefficient (Wildman–Crippen LogP) is 2.33. The maximum atomic E-state index is 9.83. The standard InChI is InChI=1S/C13H12N2O3/c1-8-11(17-2)4-9(5-12(8)18-3)13(16)10(6-14)7-15/h4-5,16H,1-3H3. The normalized spacial score (nSPS) is 8.94. The summed E-state index contributed by atoms with van der Waals surface area (Å²) in [7, 11) is 2.98. The number of hydrogen-bond donors (Lipinski definition) is 1. The Morgan fingerprint density at radius 2 is 1.56 bits per heavy atom. The van der Waals surface area contributed by atoms with Gasteiger partial charge in [-0.1, -0.05) is 0 Å². The van der Waals surface area contributed by atoms with Gasteiger partial charge in [-0.25, -0.2) is 0 Å². The number of hydrogen-bond acceptors (Lipinski definition) is 5. The van der Waals surface area contributed by atoms with Crippen LogP contribution in [0.25, 0.3) is 5.76 Å². The van der Waals surface area contributed by atoms with E-state index in [0.29, 0.717) is 17.1 Å². The third-order valence-corrected chi connectivity index (χ3v) is 2.49. The highest BCUT2D eigenvalue weighted by Crippen LogP contribution is 2.32. The second-order valence-electron chi connectivity index (χ2n) is 3.45. The van der Waals surface area contributed by atoms with Crippen molar-refractivity contribution in [2.75, 3.05) is 14.2 Å². The topological polar surface area (TPSA) is 86.3 Å². The van der Waals surface area contributed by atoms with Crippen molar-refractivity contribution in [3.63, 3.8) is 0 Å². The van der Waals surface area contributed by atoms with Crippen LogP contribution in [0.2, 0.25) is 0 Å². The molecular formula is C13H12N2O3. The fourth-order valence-corrected chi connectivity index (χ4v) is 1.50. The molecule has 5 heteroatoms. The average molecular weight is 244 g/mol. The molecule has 0 bridgehead atoms. The van der Waals surface area contributed by atoms with Crippen LogP contribution in [0.15, 0.2) is 17.7 Å². The molecule has 0 aliphatic carbocycles. The Kier molecular flexibility index (Phi) is 4.17. The summed E-state index contributed by atoms with van der Waals surface area (Å²) in [6.07, 6.45) is 0. The molecular weight excluding hydrogens is 232 g/mol.